The molecular formula is C15H22N2O3. The van der Waals surface area contributed by atoms with Crippen LogP contribution in [0.4, 0.5) is 5.69 Å². The van der Waals surface area contributed by atoms with E-state index in [-0.39, 0.29) is 6.54 Å². The Hall–Kier alpha value is -1.75. The van der Waals surface area contributed by atoms with Crippen LogP contribution in [0.1, 0.15) is 11.1 Å². The Morgan fingerprint density at radius 3 is 2.45 bits per heavy atom. The smallest absolute Gasteiger partial charge is 0.317 e. The zero-order chi connectivity index (χ0) is 14.7. The maximum atomic E-state index is 10.7. The number of hydrogen-bond donors (Lipinski definition) is 1. The number of rotatable bonds is 4. The van der Waals surface area contributed by atoms with Gasteiger partial charge in [-0.1, -0.05) is 6.07 Å². The van der Waals surface area contributed by atoms with Crippen molar-refractivity contribution in [2.24, 2.45) is 0 Å². The van der Waals surface area contributed by atoms with E-state index in [4.69, 9.17) is 9.84 Å². The zero-order valence-corrected chi connectivity index (χ0v) is 12.3. The number of benzene rings is 1. The van der Waals surface area contributed by atoms with Crippen LogP contribution in [0.3, 0.4) is 0 Å². The highest BCUT2D eigenvalue weighted by Gasteiger charge is 2.22. The first-order valence-corrected chi connectivity index (χ1v) is 6.85. The minimum atomic E-state index is -0.762. The number of carbonyl (C=O) groups is 1. The summed E-state index contributed by atoms with van der Waals surface area (Å²) in [5, 5.41) is 8.83. The van der Waals surface area contributed by atoms with Crippen molar-refractivity contribution >= 4 is 11.7 Å². The lowest BCUT2D eigenvalue weighted by Crippen LogP contribution is -2.48. The van der Waals surface area contributed by atoms with Crippen molar-refractivity contribution < 1.29 is 14.6 Å². The summed E-state index contributed by atoms with van der Waals surface area (Å²) in [4.78, 5) is 15.0. The first-order chi connectivity index (χ1) is 9.51. The van der Waals surface area contributed by atoms with Gasteiger partial charge >= 0.3 is 5.97 Å². The summed E-state index contributed by atoms with van der Waals surface area (Å²) in [6.45, 7) is 7.46. The van der Waals surface area contributed by atoms with Gasteiger partial charge in [-0.2, -0.15) is 0 Å². The number of carboxylic acids is 1. The van der Waals surface area contributed by atoms with Crippen molar-refractivity contribution in [2.75, 3.05) is 44.7 Å². The number of aryl methyl sites for hydroxylation is 2. The molecule has 20 heavy (non-hydrogen) atoms. The predicted octanol–water partition coefficient (Wildman–Crippen LogP) is 1.52. The Kier molecular flexibility index (Phi) is 4.49. The molecule has 1 aliphatic heterocycles. The molecule has 0 aliphatic carbocycles. The minimum absolute atomic E-state index is 0.123. The van der Waals surface area contributed by atoms with Gasteiger partial charge in [0.25, 0.3) is 0 Å². The highest BCUT2D eigenvalue weighted by atomic mass is 16.5. The molecule has 0 amide bonds. The number of anilines is 1. The predicted molar refractivity (Wildman–Crippen MR) is 78.8 cm³/mol. The lowest BCUT2D eigenvalue weighted by Gasteiger charge is -2.36. The third-order valence-corrected chi connectivity index (χ3v) is 3.68. The second-order valence-electron chi connectivity index (χ2n) is 5.29. The van der Waals surface area contributed by atoms with E-state index in [0.717, 1.165) is 37.6 Å². The molecule has 1 aromatic rings. The molecule has 1 N–H and O–H groups in total. The summed E-state index contributed by atoms with van der Waals surface area (Å²) in [5.74, 6) is 0.136. The van der Waals surface area contributed by atoms with Gasteiger partial charge in [-0.05, 0) is 31.0 Å². The van der Waals surface area contributed by atoms with Crippen LogP contribution >= 0.6 is 0 Å². The molecule has 1 aromatic carbocycles. The topological polar surface area (TPSA) is 53.0 Å². The normalized spacial score (nSPS) is 16.2. The van der Waals surface area contributed by atoms with Gasteiger partial charge in [-0.25, -0.2) is 0 Å². The molecule has 1 heterocycles. The molecule has 1 saturated heterocycles. The first-order valence-electron chi connectivity index (χ1n) is 6.85. The summed E-state index contributed by atoms with van der Waals surface area (Å²) in [6, 6.07) is 4.20. The highest BCUT2D eigenvalue weighted by Crippen LogP contribution is 2.33. The van der Waals surface area contributed by atoms with Crippen LogP contribution in [0.15, 0.2) is 12.1 Å². The van der Waals surface area contributed by atoms with Crippen LogP contribution in [-0.2, 0) is 4.79 Å². The van der Waals surface area contributed by atoms with Gasteiger partial charge in [0.05, 0.1) is 19.3 Å². The fourth-order valence-corrected chi connectivity index (χ4v) is 2.80. The van der Waals surface area contributed by atoms with Crippen molar-refractivity contribution in [3.63, 3.8) is 0 Å². The van der Waals surface area contributed by atoms with E-state index in [1.165, 1.54) is 11.1 Å². The Morgan fingerprint density at radius 1 is 1.25 bits per heavy atom. The third-order valence-electron chi connectivity index (χ3n) is 3.68. The lowest BCUT2D eigenvalue weighted by atomic mass is 10.1. The molecule has 1 aliphatic rings. The number of nitrogens with zero attached hydrogens (tertiary/aromatic N) is 2. The standard InChI is InChI=1S/C15H22N2O3/c1-11-8-12(2)15(13(9-11)20-3)17-6-4-16(5-7-17)10-14(18)19/h8-9H,4-7,10H2,1-3H3,(H,18,19). The van der Waals surface area contributed by atoms with E-state index in [2.05, 4.69) is 24.8 Å². The van der Waals surface area contributed by atoms with Gasteiger partial charge < -0.3 is 14.7 Å². The molecule has 0 atom stereocenters. The van der Waals surface area contributed by atoms with Crippen molar-refractivity contribution in [2.45, 2.75) is 13.8 Å². The Balaban J connectivity index is 2.12. The summed E-state index contributed by atoms with van der Waals surface area (Å²) < 4.78 is 5.50. The molecule has 110 valence electrons. The molecule has 5 nitrogen and oxygen atoms in total. The van der Waals surface area contributed by atoms with Gasteiger partial charge in [0, 0.05) is 26.2 Å². The number of piperazine rings is 1. The largest absolute Gasteiger partial charge is 0.495 e. The fourth-order valence-electron chi connectivity index (χ4n) is 2.80. The van der Waals surface area contributed by atoms with E-state index in [9.17, 15) is 4.79 Å². The molecule has 0 saturated carbocycles. The minimum Gasteiger partial charge on any atom is -0.495 e. The van der Waals surface area contributed by atoms with Crippen molar-refractivity contribution in [1.29, 1.82) is 0 Å². The van der Waals surface area contributed by atoms with Crippen molar-refractivity contribution in [3.8, 4) is 5.75 Å². The second kappa shape index (κ2) is 6.13. The van der Waals surface area contributed by atoms with Crippen LogP contribution in [0.2, 0.25) is 0 Å². The summed E-state index contributed by atoms with van der Waals surface area (Å²) in [6.07, 6.45) is 0. The van der Waals surface area contributed by atoms with E-state index in [1.807, 2.05) is 11.0 Å². The number of aliphatic carboxylic acids is 1. The molecule has 0 spiro atoms. The van der Waals surface area contributed by atoms with Crippen LogP contribution < -0.4 is 9.64 Å². The molecule has 0 radical (unpaired) electrons. The van der Waals surface area contributed by atoms with Crippen molar-refractivity contribution in [3.05, 3.63) is 23.3 Å². The molecular weight excluding hydrogens is 256 g/mol. The van der Waals surface area contributed by atoms with Gasteiger partial charge in [0.1, 0.15) is 5.75 Å². The maximum absolute atomic E-state index is 10.7. The Bertz CT molecular complexity index is 494. The summed E-state index contributed by atoms with van der Waals surface area (Å²) >= 11 is 0. The first kappa shape index (κ1) is 14.7. The van der Waals surface area contributed by atoms with E-state index >= 15 is 0 Å². The number of hydrogen-bond acceptors (Lipinski definition) is 4. The zero-order valence-electron chi connectivity index (χ0n) is 12.3. The molecule has 1 fully saturated rings. The number of methoxy groups -OCH3 is 1. The second-order valence-corrected chi connectivity index (χ2v) is 5.29. The Morgan fingerprint density at radius 2 is 1.90 bits per heavy atom. The highest BCUT2D eigenvalue weighted by molar-refractivity contribution is 5.69. The van der Waals surface area contributed by atoms with Crippen LogP contribution in [-0.4, -0.2) is 55.8 Å². The van der Waals surface area contributed by atoms with Gasteiger partial charge in [-0.3, -0.25) is 9.69 Å². The van der Waals surface area contributed by atoms with Crippen LogP contribution in [0.25, 0.3) is 0 Å². The number of ether oxygens (including phenoxy) is 1. The molecule has 0 bridgehead atoms. The van der Waals surface area contributed by atoms with Gasteiger partial charge in [0.2, 0.25) is 0 Å². The third kappa shape index (κ3) is 3.22. The number of carboxylic acid groups (broad SMARTS) is 1. The maximum Gasteiger partial charge on any atom is 0.317 e. The molecule has 0 unspecified atom stereocenters. The van der Waals surface area contributed by atoms with Gasteiger partial charge in [0.15, 0.2) is 0 Å². The molecule has 2 rings (SSSR count). The lowest BCUT2D eigenvalue weighted by molar-refractivity contribution is -0.138. The average Bonchev–Trinajstić information content (AvgIpc) is 2.38. The molecule has 5 heteroatoms. The monoisotopic (exact) mass is 278 g/mol. The fraction of sp³-hybridized carbons (Fsp3) is 0.533. The SMILES string of the molecule is COc1cc(C)cc(C)c1N1CCN(CC(=O)O)CC1. The van der Waals surface area contributed by atoms with Crippen LogP contribution in [0, 0.1) is 13.8 Å². The molecule has 0 aromatic heterocycles. The van der Waals surface area contributed by atoms with Crippen molar-refractivity contribution in [1.82, 2.24) is 4.90 Å². The summed E-state index contributed by atoms with van der Waals surface area (Å²) in [7, 11) is 1.69. The van der Waals surface area contributed by atoms with Gasteiger partial charge in [-0.15, -0.1) is 0 Å². The van der Waals surface area contributed by atoms with E-state index < -0.39 is 5.97 Å². The van der Waals surface area contributed by atoms with Crippen LogP contribution in [0.5, 0.6) is 5.75 Å². The van der Waals surface area contributed by atoms with E-state index in [1.54, 1.807) is 7.11 Å². The quantitative estimate of drug-likeness (QED) is 0.905. The summed E-state index contributed by atoms with van der Waals surface area (Å²) in [5.41, 5.74) is 3.52. The Labute approximate surface area is 119 Å². The van der Waals surface area contributed by atoms with E-state index in [0.29, 0.717) is 0 Å². The average molecular weight is 278 g/mol.